The zero-order chi connectivity index (χ0) is 18.0. The van der Waals surface area contributed by atoms with Gasteiger partial charge < -0.3 is 15.7 Å². The fraction of sp³-hybridized carbons (Fsp3) is 0.385. The van der Waals surface area contributed by atoms with Gasteiger partial charge in [-0.3, -0.25) is 25.0 Å². The van der Waals surface area contributed by atoms with Crippen LogP contribution in [0.5, 0.6) is 0 Å². The monoisotopic (exact) mass is 338 g/mol. The average Bonchev–Trinajstić information content (AvgIpc) is 2.53. The van der Waals surface area contributed by atoms with Gasteiger partial charge in [-0.1, -0.05) is 0 Å². The third kappa shape index (κ3) is 3.24. The Balaban J connectivity index is 2.51. The van der Waals surface area contributed by atoms with Crippen LogP contribution < -0.4 is 10.6 Å². The SMILES string of the molecule is NC(=O)C1CCN(c2c(C(=O)O)cc([N+](=O)[O-])cc2[N+](=O)[O-])CC1. The number of non-ortho nitro benzene ring substituents is 1. The number of primary amides is 1. The molecule has 11 nitrogen and oxygen atoms in total. The summed E-state index contributed by atoms with van der Waals surface area (Å²) in [5.41, 5.74) is 3.19. The Labute approximate surface area is 135 Å². The van der Waals surface area contributed by atoms with E-state index >= 15 is 0 Å². The number of carbonyl (C=O) groups is 2. The Morgan fingerprint density at radius 2 is 1.75 bits per heavy atom. The van der Waals surface area contributed by atoms with Crippen LogP contribution in [-0.4, -0.2) is 39.9 Å². The van der Waals surface area contributed by atoms with Crippen LogP contribution in [0, 0.1) is 26.1 Å². The molecule has 1 saturated heterocycles. The number of benzene rings is 1. The molecule has 0 atom stereocenters. The molecule has 0 spiro atoms. The highest BCUT2D eigenvalue weighted by Gasteiger charge is 2.33. The predicted octanol–water partition coefficient (Wildman–Crippen LogP) is 0.903. The second-order valence-electron chi connectivity index (χ2n) is 5.34. The van der Waals surface area contributed by atoms with Crippen LogP contribution in [-0.2, 0) is 4.79 Å². The first-order chi connectivity index (χ1) is 11.2. The minimum absolute atomic E-state index is 0.187. The summed E-state index contributed by atoms with van der Waals surface area (Å²) in [6.07, 6.45) is 0.644. The van der Waals surface area contributed by atoms with Gasteiger partial charge in [0.05, 0.1) is 21.5 Å². The Bertz CT molecular complexity index is 690. The van der Waals surface area contributed by atoms with Crippen molar-refractivity contribution in [1.82, 2.24) is 0 Å². The highest BCUT2D eigenvalue weighted by Crippen LogP contribution is 2.38. The lowest BCUT2D eigenvalue weighted by Crippen LogP contribution is -2.39. The molecule has 0 unspecified atom stereocenters. The third-order valence-corrected chi connectivity index (χ3v) is 3.93. The van der Waals surface area contributed by atoms with Crippen LogP contribution in [0.4, 0.5) is 17.1 Å². The summed E-state index contributed by atoms with van der Waals surface area (Å²) in [4.78, 5) is 44.5. The van der Waals surface area contributed by atoms with Crippen molar-refractivity contribution in [2.24, 2.45) is 11.7 Å². The third-order valence-electron chi connectivity index (χ3n) is 3.93. The maximum absolute atomic E-state index is 11.4. The molecule has 1 fully saturated rings. The van der Waals surface area contributed by atoms with E-state index in [0.29, 0.717) is 12.8 Å². The van der Waals surface area contributed by atoms with Gasteiger partial charge in [0.1, 0.15) is 5.69 Å². The van der Waals surface area contributed by atoms with Crippen LogP contribution in [0.2, 0.25) is 0 Å². The lowest BCUT2D eigenvalue weighted by molar-refractivity contribution is -0.393. The molecule has 0 saturated carbocycles. The van der Waals surface area contributed by atoms with Crippen LogP contribution in [0.1, 0.15) is 23.2 Å². The molecule has 0 aliphatic carbocycles. The van der Waals surface area contributed by atoms with Crippen molar-refractivity contribution in [1.29, 1.82) is 0 Å². The standard InChI is InChI=1S/C13H14N4O7/c14-12(18)7-1-3-15(4-2-7)11-9(13(19)20)5-8(16(21)22)6-10(11)17(23)24/h5-7H,1-4H2,(H2,14,18)(H,19,20). The molecule has 0 radical (unpaired) electrons. The number of rotatable bonds is 5. The zero-order valence-electron chi connectivity index (χ0n) is 12.4. The van der Waals surface area contributed by atoms with Crippen molar-refractivity contribution in [3.8, 4) is 0 Å². The van der Waals surface area contributed by atoms with Crippen molar-refractivity contribution in [3.05, 3.63) is 37.9 Å². The first-order valence-corrected chi connectivity index (χ1v) is 6.96. The van der Waals surface area contributed by atoms with Crippen molar-refractivity contribution in [2.45, 2.75) is 12.8 Å². The zero-order valence-corrected chi connectivity index (χ0v) is 12.4. The molecule has 1 amide bonds. The van der Waals surface area contributed by atoms with E-state index in [0.717, 1.165) is 12.1 Å². The summed E-state index contributed by atoms with van der Waals surface area (Å²) in [5.74, 6) is -2.37. The van der Waals surface area contributed by atoms with Gasteiger partial charge in [-0.25, -0.2) is 4.79 Å². The van der Waals surface area contributed by atoms with E-state index in [1.807, 2.05) is 0 Å². The summed E-state index contributed by atoms with van der Waals surface area (Å²) < 4.78 is 0. The van der Waals surface area contributed by atoms with Gasteiger partial charge in [-0.15, -0.1) is 0 Å². The minimum Gasteiger partial charge on any atom is -0.478 e. The number of nitro groups is 2. The number of piperidine rings is 1. The van der Waals surface area contributed by atoms with Crippen molar-refractivity contribution in [3.63, 3.8) is 0 Å². The average molecular weight is 338 g/mol. The molecule has 1 aromatic carbocycles. The molecular weight excluding hydrogens is 324 g/mol. The second-order valence-corrected chi connectivity index (χ2v) is 5.34. The Kier molecular flexibility index (Phi) is 4.62. The van der Waals surface area contributed by atoms with Gasteiger partial charge in [0.25, 0.3) is 11.4 Å². The normalized spacial score (nSPS) is 15.1. The number of carbonyl (C=O) groups excluding carboxylic acids is 1. The fourth-order valence-corrected chi connectivity index (χ4v) is 2.73. The van der Waals surface area contributed by atoms with E-state index < -0.39 is 38.7 Å². The largest absolute Gasteiger partial charge is 0.478 e. The number of anilines is 1. The Morgan fingerprint density at radius 1 is 1.17 bits per heavy atom. The van der Waals surface area contributed by atoms with Crippen molar-refractivity contribution < 1.29 is 24.5 Å². The summed E-state index contributed by atoms with van der Waals surface area (Å²) in [7, 11) is 0. The first-order valence-electron chi connectivity index (χ1n) is 6.96. The maximum atomic E-state index is 11.4. The van der Waals surface area contributed by atoms with Gasteiger partial charge in [0.2, 0.25) is 5.91 Å². The number of nitrogens with zero attached hydrogens (tertiary/aromatic N) is 3. The minimum atomic E-state index is -1.51. The van der Waals surface area contributed by atoms with Gasteiger partial charge in [-0.05, 0) is 12.8 Å². The molecule has 3 N–H and O–H groups in total. The molecule has 0 bridgehead atoms. The summed E-state index contributed by atoms with van der Waals surface area (Å²) in [5, 5.41) is 31.5. The number of carboxylic acids is 1. The van der Waals surface area contributed by atoms with Crippen LogP contribution >= 0.6 is 0 Å². The number of carboxylic acid groups (broad SMARTS) is 1. The van der Waals surface area contributed by atoms with E-state index in [2.05, 4.69) is 0 Å². The molecule has 1 aromatic rings. The van der Waals surface area contributed by atoms with Crippen LogP contribution in [0.3, 0.4) is 0 Å². The number of hydrogen-bond acceptors (Lipinski definition) is 7. The topological polar surface area (TPSA) is 170 Å². The van der Waals surface area contributed by atoms with Crippen LogP contribution in [0.15, 0.2) is 12.1 Å². The van der Waals surface area contributed by atoms with E-state index in [4.69, 9.17) is 5.73 Å². The van der Waals surface area contributed by atoms with E-state index in [9.17, 15) is 34.9 Å². The van der Waals surface area contributed by atoms with Gasteiger partial charge in [0.15, 0.2) is 0 Å². The van der Waals surface area contributed by atoms with Crippen molar-refractivity contribution in [2.75, 3.05) is 18.0 Å². The molecule has 2 rings (SSSR count). The van der Waals surface area contributed by atoms with Crippen LogP contribution in [0.25, 0.3) is 0 Å². The molecule has 128 valence electrons. The molecule has 0 aromatic heterocycles. The molecule has 1 aliphatic heterocycles. The lowest BCUT2D eigenvalue weighted by atomic mass is 9.95. The first kappa shape index (κ1) is 17.1. The fourth-order valence-electron chi connectivity index (χ4n) is 2.73. The summed E-state index contributed by atoms with van der Waals surface area (Å²) in [6.45, 7) is 0.374. The number of nitro benzene ring substituents is 2. The van der Waals surface area contributed by atoms with Gasteiger partial charge in [0, 0.05) is 25.1 Å². The van der Waals surface area contributed by atoms with Gasteiger partial charge >= 0.3 is 5.97 Å². The summed E-state index contributed by atoms with van der Waals surface area (Å²) in [6, 6.07) is 1.53. The molecule has 1 heterocycles. The lowest BCUT2D eigenvalue weighted by Gasteiger charge is -2.32. The number of nitrogens with two attached hydrogens (primary N) is 1. The predicted molar refractivity (Wildman–Crippen MR) is 80.8 cm³/mol. The van der Waals surface area contributed by atoms with E-state index in [-0.39, 0.29) is 24.7 Å². The summed E-state index contributed by atoms with van der Waals surface area (Å²) >= 11 is 0. The Morgan fingerprint density at radius 3 is 2.17 bits per heavy atom. The maximum Gasteiger partial charge on any atom is 0.338 e. The molecule has 24 heavy (non-hydrogen) atoms. The second kappa shape index (κ2) is 6.48. The molecular formula is C13H14N4O7. The quantitative estimate of drug-likeness (QED) is 0.589. The smallest absolute Gasteiger partial charge is 0.338 e. The van der Waals surface area contributed by atoms with Crippen molar-refractivity contribution >= 4 is 28.9 Å². The molecule has 11 heteroatoms. The highest BCUT2D eigenvalue weighted by molar-refractivity contribution is 5.98. The Hall–Kier alpha value is -3.24. The number of hydrogen-bond donors (Lipinski definition) is 2. The number of aromatic carboxylic acids is 1. The number of amides is 1. The highest BCUT2D eigenvalue weighted by atomic mass is 16.6. The molecule has 1 aliphatic rings. The van der Waals surface area contributed by atoms with Gasteiger partial charge in [-0.2, -0.15) is 0 Å². The van der Waals surface area contributed by atoms with E-state index in [1.165, 1.54) is 4.90 Å². The van der Waals surface area contributed by atoms with E-state index in [1.54, 1.807) is 0 Å².